The molecule has 3 heteroatoms. The van der Waals surface area contributed by atoms with E-state index in [0.717, 1.165) is 16.8 Å². The first-order valence-corrected chi connectivity index (χ1v) is 8.15. The van der Waals surface area contributed by atoms with Crippen molar-refractivity contribution < 1.29 is 4.74 Å². The molecule has 2 aromatic rings. The molecule has 1 aliphatic carbocycles. The lowest BCUT2D eigenvalue weighted by atomic mass is 9.76. The molecular weight excluding hydrogens is 326 g/mol. The number of methoxy groups -OCH3 is 1. The largest absolute Gasteiger partial charge is 0.497 e. The molecule has 0 unspecified atom stereocenters. The van der Waals surface area contributed by atoms with E-state index in [-0.39, 0.29) is 0 Å². The van der Waals surface area contributed by atoms with Gasteiger partial charge in [-0.3, -0.25) is 0 Å². The van der Waals surface area contributed by atoms with Gasteiger partial charge < -0.3 is 10.1 Å². The van der Waals surface area contributed by atoms with Crippen molar-refractivity contribution in [3.8, 4) is 5.75 Å². The average Bonchev–Trinajstić information content (AvgIpc) is 2.46. The summed E-state index contributed by atoms with van der Waals surface area (Å²) < 4.78 is 6.44. The minimum absolute atomic E-state index is 0.625. The summed E-state index contributed by atoms with van der Waals surface area (Å²) in [6.45, 7) is 0.939. The van der Waals surface area contributed by atoms with Gasteiger partial charge in [0.25, 0.3) is 0 Å². The Morgan fingerprint density at radius 2 is 1.95 bits per heavy atom. The Hall–Kier alpha value is -1.32. The number of hydrogen-bond donors (Lipinski definition) is 1. The zero-order valence-electron chi connectivity index (χ0n) is 12.2. The van der Waals surface area contributed by atoms with Crippen molar-refractivity contribution in [2.45, 2.75) is 31.3 Å². The van der Waals surface area contributed by atoms with Crippen LogP contribution in [0.3, 0.4) is 0 Å². The van der Waals surface area contributed by atoms with Gasteiger partial charge in [-0.15, -0.1) is 0 Å². The van der Waals surface area contributed by atoms with Gasteiger partial charge in [0.15, 0.2) is 0 Å². The highest BCUT2D eigenvalue weighted by atomic mass is 79.9. The lowest BCUT2D eigenvalue weighted by molar-refractivity contribution is 0.289. The summed E-state index contributed by atoms with van der Waals surface area (Å²) in [6, 6.07) is 17.6. The minimum Gasteiger partial charge on any atom is -0.497 e. The van der Waals surface area contributed by atoms with Crippen molar-refractivity contribution in [2.24, 2.45) is 0 Å². The van der Waals surface area contributed by atoms with Crippen LogP contribution >= 0.6 is 15.9 Å². The predicted octanol–water partition coefficient (Wildman–Crippen LogP) is 4.49. The lowest BCUT2D eigenvalue weighted by Crippen LogP contribution is -2.39. The van der Waals surface area contributed by atoms with Gasteiger partial charge in [0, 0.05) is 17.1 Å². The van der Waals surface area contributed by atoms with E-state index in [1.165, 1.54) is 24.0 Å². The zero-order valence-corrected chi connectivity index (χ0v) is 13.8. The maximum Gasteiger partial charge on any atom is 0.119 e. The Morgan fingerprint density at radius 3 is 2.71 bits per heavy atom. The highest BCUT2D eigenvalue weighted by molar-refractivity contribution is 9.10. The average molecular weight is 346 g/mol. The maximum atomic E-state index is 5.30. The second-order valence-electron chi connectivity index (χ2n) is 5.65. The van der Waals surface area contributed by atoms with E-state index in [0.29, 0.717) is 12.0 Å². The molecule has 1 aliphatic rings. The van der Waals surface area contributed by atoms with Gasteiger partial charge in [-0.1, -0.05) is 40.2 Å². The van der Waals surface area contributed by atoms with Gasteiger partial charge >= 0.3 is 0 Å². The normalized spacial score (nSPS) is 20.9. The zero-order chi connectivity index (χ0) is 14.7. The first-order valence-electron chi connectivity index (χ1n) is 7.36. The van der Waals surface area contributed by atoms with Crippen LogP contribution in [0.4, 0.5) is 0 Å². The fraction of sp³-hybridized carbons (Fsp3) is 0.333. The Morgan fingerprint density at radius 1 is 1.14 bits per heavy atom. The Balaban J connectivity index is 1.49. The van der Waals surface area contributed by atoms with Gasteiger partial charge in [-0.25, -0.2) is 0 Å². The number of ether oxygens (including phenoxy) is 1. The van der Waals surface area contributed by atoms with Crippen molar-refractivity contribution in [1.29, 1.82) is 0 Å². The molecule has 1 saturated carbocycles. The summed E-state index contributed by atoms with van der Waals surface area (Å²) in [6.07, 6.45) is 2.42. The highest BCUT2D eigenvalue weighted by Crippen LogP contribution is 2.38. The predicted molar refractivity (Wildman–Crippen MR) is 89.7 cm³/mol. The third-order valence-electron chi connectivity index (χ3n) is 4.19. The standard InChI is InChI=1S/C18H20BrNO/c1-21-18-7-3-5-14(11-18)15-9-17(10-15)20-12-13-4-2-6-16(19)8-13/h2-8,11,15,17,20H,9-10,12H2,1H3. The summed E-state index contributed by atoms with van der Waals surface area (Å²) in [4.78, 5) is 0. The molecule has 1 fully saturated rings. The molecule has 0 bridgehead atoms. The third-order valence-corrected chi connectivity index (χ3v) is 4.68. The van der Waals surface area contributed by atoms with Crippen LogP contribution in [0.25, 0.3) is 0 Å². The molecule has 0 amide bonds. The first kappa shape index (κ1) is 14.6. The molecule has 0 aromatic heterocycles. The molecule has 2 nitrogen and oxygen atoms in total. The summed E-state index contributed by atoms with van der Waals surface area (Å²) in [7, 11) is 1.72. The second-order valence-corrected chi connectivity index (χ2v) is 6.57. The highest BCUT2D eigenvalue weighted by Gasteiger charge is 2.29. The summed E-state index contributed by atoms with van der Waals surface area (Å²) >= 11 is 3.51. The topological polar surface area (TPSA) is 21.3 Å². The Kier molecular flexibility index (Phi) is 4.61. The van der Waals surface area contributed by atoms with Crippen LogP contribution < -0.4 is 10.1 Å². The minimum atomic E-state index is 0.625. The number of nitrogens with one attached hydrogen (secondary N) is 1. The van der Waals surface area contributed by atoms with E-state index in [1.807, 2.05) is 6.07 Å². The van der Waals surface area contributed by atoms with E-state index in [1.54, 1.807) is 7.11 Å². The fourth-order valence-corrected chi connectivity index (χ4v) is 3.31. The first-order chi connectivity index (χ1) is 10.2. The summed E-state index contributed by atoms with van der Waals surface area (Å²) in [5.41, 5.74) is 2.73. The SMILES string of the molecule is COc1cccc(C2CC(NCc3cccc(Br)c3)C2)c1. The van der Waals surface area contributed by atoms with E-state index in [9.17, 15) is 0 Å². The summed E-state index contributed by atoms with van der Waals surface area (Å²) in [5, 5.41) is 3.64. The molecule has 0 aliphatic heterocycles. The van der Waals surface area contributed by atoms with E-state index < -0.39 is 0 Å². The molecule has 2 aromatic carbocycles. The molecule has 0 heterocycles. The van der Waals surface area contributed by atoms with Crippen LogP contribution in [0.1, 0.15) is 29.9 Å². The van der Waals surface area contributed by atoms with Crippen LogP contribution in [0, 0.1) is 0 Å². The van der Waals surface area contributed by atoms with Gasteiger partial charge in [0.05, 0.1) is 7.11 Å². The Bertz CT molecular complexity index is 608. The second kappa shape index (κ2) is 6.63. The van der Waals surface area contributed by atoms with Crippen LogP contribution in [0.15, 0.2) is 53.0 Å². The summed E-state index contributed by atoms with van der Waals surface area (Å²) in [5.74, 6) is 1.62. The van der Waals surface area contributed by atoms with Crippen molar-refractivity contribution in [1.82, 2.24) is 5.32 Å². The third kappa shape index (κ3) is 3.66. The number of hydrogen-bond acceptors (Lipinski definition) is 2. The number of benzene rings is 2. The van der Waals surface area contributed by atoms with E-state index in [4.69, 9.17) is 4.74 Å². The number of halogens is 1. The molecule has 0 radical (unpaired) electrons. The quantitative estimate of drug-likeness (QED) is 0.861. The molecule has 1 N–H and O–H groups in total. The fourth-order valence-electron chi connectivity index (χ4n) is 2.86. The Labute approximate surface area is 134 Å². The maximum absolute atomic E-state index is 5.30. The smallest absolute Gasteiger partial charge is 0.119 e. The lowest BCUT2D eigenvalue weighted by Gasteiger charge is -2.36. The molecular formula is C18H20BrNO. The van der Waals surface area contributed by atoms with Gasteiger partial charge in [-0.2, -0.15) is 0 Å². The molecule has 0 atom stereocenters. The van der Waals surface area contributed by atoms with E-state index >= 15 is 0 Å². The van der Waals surface area contributed by atoms with Crippen molar-refractivity contribution in [3.63, 3.8) is 0 Å². The van der Waals surface area contributed by atoms with Crippen LogP contribution in [0.2, 0.25) is 0 Å². The van der Waals surface area contributed by atoms with Gasteiger partial charge in [0.1, 0.15) is 5.75 Å². The van der Waals surface area contributed by atoms with Crippen molar-refractivity contribution in [2.75, 3.05) is 7.11 Å². The van der Waals surface area contributed by atoms with Gasteiger partial charge in [-0.05, 0) is 54.2 Å². The van der Waals surface area contributed by atoms with Crippen LogP contribution in [-0.2, 0) is 6.54 Å². The molecule has 0 saturated heterocycles. The molecule has 3 rings (SSSR count). The molecule has 0 spiro atoms. The number of rotatable bonds is 5. The van der Waals surface area contributed by atoms with Crippen molar-refractivity contribution >= 4 is 15.9 Å². The molecule has 110 valence electrons. The molecule has 21 heavy (non-hydrogen) atoms. The monoisotopic (exact) mass is 345 g/mol. The van der Waals surface area contributed by atoms with Crippen LogP contribution in [-0.4, -0.2) is 13.2 Å². The van der Waals surface area contributed by atoms with Crippen molar-refractivity contribution in [3.05, 3.63) is 64.1 Å². The van der Waals surface area contributed by atoms with Crippen LogP contribution in [0.5, 0.6) is 5.75 Å². The van der Waals surface area contributed by atoms with Gasteiger partial charge in [0.2, 0.25) is 0 Å². The van der Waals surface area contributed by atoms with E-state index in [2.05, 4.69) is 63.7 Å².